The molecule has 1 aromatic heterocycles. The van der Waals surface area contributed by atoms with E-state index in [9.17, 15) is 0 Å². The third kappa shape index (κ3) is 2.87. The summed E-state index contributed by atoms with van der Waals surface area (Å²) in [5, 5.41) is 0.534. The Morgan fingerprint density at radius 3 is 2.82 bits per heavy atom. The topological polar surface area (TPSA) is 38.2 Å². The molecule has 94 valence electrons. The van der Waals surface area contributed by atoms with E-state index in [1.54, 1.807) is 0 Å². The van der Waals surface area contributed by atoms with Crippen molar-refractivity contribution in [2.45, 2.75) is 32.8 Å². The van der Waals surface area contributed by atoms with Crippen LogP contribution in [0.2, 0.25) is 5.15 Å². The summed E-state index contributed by atoms with van der Waals surface area (Å²) in [4.78, 5) is 10.7. The summed E-state index contributed by atoms with van der Waals surface area (Å²) in [5.74, 6) is 1.60. The number of nitrogens with zero attached hydrogens (tertiary/aromatic N) is 3. The maximum atomic E-state index is 6.07. The fraction of sp³-hybridized carbons (Fsp3) is 0.667. The fourth-order valence-electron chi connectivity index (χ4n) is 2.13. The van der Waals surface area contributed by atoms with Gasteiger partial charge in [0.15, 0.2) is 0 Å². The highest BCUT2D eigenvalue weighted by atomic mass is 35.5. The summed E-state index contributed by atoms with van der Waals surface area (Å²) in [6, 6.07) is 0. The van der Waals surface area contributed by atoms with Crippen LogP contribution in [0.25, 0.3) is 0 Å². The molecule has 0 N–H and O–H groups in total. The molecule has 1 unspecified atom stereocenters. The Morgan fingerprint density at radius 2 is 2.18 bits per heavy atom. The minimum absolute atomic E-state index is 0.313. The molecule has 1 saturated heterocycles. The molecule has 1 fully saturated rings. The Morgan fingerprint density at radius 1 is 1.41 bits per heavy atom. The van der Waals surface area contributed by atoms with Gasteiger partial charge in [-0.3, -0.25) is 0 Å². The fourth-order valence-corrected chi connectivity index (χ4v) is 2.34. The maximum Gasteiger partial charge on any atom is 0.137 e. The molecule has 1 aliphatic rings. The highest BCUT2D eigenvalue weighted by Gasteiger charge is 2.20. The number of rotatable bonds is 3. The average molecular weight is 256 g/mol. The second kappa shape index (κ2) is 5.19. The van der Waals surface area contributed by atoms with Gasteiger partial charge in [0.25, 0.3) is 0 Å². The van der Waals surface area contributed by atoms with E-state index in [1.165, 1.54) is 0 Å². The van der Waals surface area contributed by atoms with Crippen LogP contribution in [0.4, 0.5) is 5.82 Å². The summed E-state index contributed by atoms with van der Waals surface area (Å²) in [7, 11) is 2.02. The van der Waals surface area contributed by atoms with E-state index in [2.05, 4.69) is 14.9 Å². The average Bonchev–Trinajstić information content (AvgIpc) is 2.76. The van der Waals surface area contributed by atoms with Gasteiger partial charge in [-0.05, 0) is 26.7 Å². The number of hydrogen-bond donors (Lipinski definition) is 0. The van der Waals surface area contributed by atoms with Crippen molar-refractivity contribution in [3.63, 3.8) is 0 Å². The Hall–Kier alpha value is -0.870. The van der Waals surface area contributed by atoms with Crippen molar-refractivity contribution in [3.8, 4) is 0 Å². The van der Waals surface area contributed by atoms with Gasteiger partial charge in [0.1, 0.15) is 16.8 Å². The zero-order valence-electron chi connectivity index (χ0n) is 10.5. The first-order valence-corrected chi connectivity index (χ1v) is 6.29. The highest BCUT2D eigenvalue weighted by molar-refractivity contribution is 6.30. The van der Waals surface area contributed by atoms with Crippen LogP contribution in [-0.4, -0.2) is 36.3 Å². The Balaban J connectivity index is 2.14. The molecule has 1 aliphatic heterocycles. The minimum atomic E-state index is 0.313. The van der Waals surface area contributed by atoms with E-state index < -0.39 is 0 Å². The summed E-state index contributed by atoms with van der Waals surface area (Å²) in [5.41, 5.74) is 0.928. The van der Waals surface area contributed by atoms with Crippen LogP contribution in [0.1, 0.15) is 24.2 Å². The largest absolute Gasteiger partial charge is 0.376 e. The highest BCUT2D eigenvalue weighted by Crippen LogP contribution is 2.24. The van der Waals surface area contributed by atoms with Crippen LogP contribution < -0.4 is 4.90 Å². The van der Waals surface area contributed by atoms with Crippen molar-refractivity contribution < 1.29 is 4.74 Å². The number of anilines is 1. The van der Waals surface area contributed by atoms with Crippen LogP contribution in [0, 0.1) is 13.8 Å². The van der Waals surface area contributed by atoms with Crippen molar-refractivity contribution in [1.82, 2.24) is 9.97 Å². The first-order chi connectivity index (χ1) is 8.08. The van der Waals surface area contributed by atoms with Crippen LogP contribution in [0.5, 0.6) is 0 Å². The molecule has 0 amide bonds. The predicted octanol–water partition coefficient (Wildman–Crippen LogP) is 2.36. The lowest BCUT2D eigenvalue weighted by Crippen LogP contribution is -2.30. The molecule has 2 heterocycles. The smallest absolute Gasteiger partial charge is 0.137 e. The number of hydrogen-bond acceptors (Lipinski definition) is 4. The molecule has 2 rings (SSSR count). The van der Waals surface area contributed by atoms with E-state index in [1.807, 2.05) is 20.9 Å². The Bertz CT molecular complexity index is 405. The van der Waals surface area contributed by atoms with Crippen LogP contribution >= 0.6 is 11.6 Å². The van der Waals surface area contributed by atoms with Gasteiger partial charge >= 0.3 is 0 Å². The van der Waals surface area contributed by atoms with E-state index in [0.717, 1.165) is 37.4 Å². The van der Waals surface area contributed by atoms with E-state index in [0.29, 0.717) is 17.1 Å². The molecule has 0 aliphatic carbocycles. The van der Waals surface area contributed by atoms with Crippen LogP contribution in [0.3, 0.4) is 0 Å². The molecule has 0 aromatic carbocycles. The molecular weight excluding hydrogens is 238 g/mol. The van der Waals surface area contributed by atoms with Crippen molar-refractivity contribution in [1.29, 1.82) is 0 Å². The SMILES string of the molecule is Cc1nc(Cl)c(C)c(N(C)CC2CCCO2)n1. The lowest BCUT2D eigenvalue weighted by molar-refractivity contribution is 0.116. The zero-order valence-corrected chi connectivity index (χ0v) is 11.3. The standard InChI is InChI=1S/C12H18ClN3O/c1-8-11(13)14-9(2)15-12(8)16(3)7-10-5-4-6-17-10/h10H,4-7H2,1-3H3. The summed E-state index contributed by atoms with van der Waals surface area (Å²) >= 11 is 6.07. The van der Waals surface area contributed by atoms with E-state index in [4.69, 9.17) is 16.3 Å². The van der Waals surface area contributed by atoms with Gasteiger partial charge in [-0.2, -0.15) is 0 Å². The van der Waals surface area contributed by atoms with Crippen molar-refractivity contribution in [3.05, 3.63) is 16.5 Å². The van der Waals surface area contributed by atoms with Crippen molar-refractivity contribution in [2.24, 2.45) is 0 Å². The lowest BCUT2D eigenvalue weighted by atomic mass is 10.2. The van der Waals surface area contributed by atoms with E-state index in [-0.39, 0.29) is 0 Å². The Labute approximate surface area is 107 Å². The van der Waals surface area contributed by atoms with Gasteiger partial charge in [0.05, 0.1) is 6.10 Å². The summed E-state index contributed by atoms with van der Waals surface area (Å²) in [6.45, 7) is 5.53. The number of halogens is 1. The molecular formula is C12H18ClN3O. The molecule has 0 bridgehead atoms. The molecule has 1 aromatic rings. The van der Waals surface area contributed by atoms with Gasteiger partial charge < -0.3 is 9.64 Å². The molecule has 5 heteroatoms. The second-order valence-electron chi connectivity index (χ2n) is 4.53. The van der Waals surface area contributed by atoms with Gasteiger partial charge in [0.2, 0.25) is 0 Å². The summed E-state index contributed by atoms with van der Waals surface area (Å²) < 4.78 is 5.63. The zero-order chi connectivity index (χ0) is 12.4. The number of aromatic nitrogens is 2. The van der Waals surface area contributed by atoms with Gasteiger partial charge in [0, 0.05) is 25.8 Å². The third-order valence-electron chi connectivity index (χ3n) is 3.04. The lowest BCUT2D eigenvalue weighted by Gasteiger charge is -2.23. The van der Waals surface area contributed by atoms with Gasteiger partial charge in [-0.25, -0.2) is 9.97 Å². The third-order valence-corrected chi connectivity index (χ3v) is 3.40. The van der Waals surface area contributed by atoms with Crippen molar-refractivity contribution in [2.75, 3.05) is 25.1 Å². The Kier molecular flexibility index (Phi) is 3.84. The van der Waals surface area contributed by atoms with Gasteiger partial charge in [-0.15, -0.1) is 0 Å². The monoisotopic (exact) mass is 255 g/mol. The first kappa shape index (κ1) is 12.6. The number of likely N-dealkylation sites (N-methyl/N-ethyl adjacent to an activating group) is 1. The van der Waals surface area contributed by atoms with Crippen LogP contribution in [-0.2, 0) is 4.74 Å². The van der Waals surface area contributed by atoms with Crippen LogP contribution in [0.15, 0.2) is 0 Å². The van der Waals surface area contributed by atoms with Crippen molar-refractivity contribution >= 4 is 17.4 Å². The number of aryl methyl sites for hydroxylation is 1. The van der Waals surface area contributed by atoms with E-state index >= 15 is 0 Å². The quantitative estimate of drug-likeness (QED) is 0.778. The maximum absolute atomic E-state index is 6.07. The van der Waals surface area contributed by atoms with Gasteiger partial charge in [-0.1, -0.05) is 11.6 Å². The normalized spacial score (nSPS) is 19.6. The number of ether oxygens (including phenoxy) is 1. The minimum Gasteiger partial charge on any atom is -0.376 e. The molecule has 4 nitrogen and oxygen atoms in total. The molecule has 17 heavy (non-hydrogen) atoms. The molecule has 0 spiro atoms. The molecule has 0 saturated carbocycles. The second-order valence-corrected chi connectivity index (χ2v) is 4.88. The molecule has 0 radical (unpaired) electrons. The first-order valence-electron chi connectivity index (χ1n) is 5.91. The predicted molar refractivity (Wildman–Crippen MR) is 68.8 cm³/mol. The molecule has 1 atom stereocenters. The summed E-state index contributed by atoms with van der Waals surface area (Å²) in [6.07, 6.45) is 2.59.